The number of furan rings is 1. The summed E-state index contributed by atoms with van der Waals surface area (Å²) in [6.45, 7) is 18.3. The number of fused-ring (bicyclic) bond motifs is 3. The van der Waals surface area contributed by atoms with Gasteiger partial charge in [-0.1, -0.05) is 160 Å². The van der Waals surface area contributed by atoms with E-state index in [0.717, 1.165) is 63.2 Å². The normalized spacial score (nSPS) is 13.2. The van der Waals surface area contributed by atoms with E-state index < -0.39 is 8.07 Å². The molecule has 3 aromatic heterocycles. The summed E-state index contributed by atoms with van der Waals surface area (Å²) in [5.74, 6) is 1.44. The Morgan fingerprint density at radius 3 is 2.18 bits per heavy atom. The van der Waals surface area contributed by atoms with Gasteiger partial charge in [-0.3, -0.25) is 0 Å². The zero-order valence-electron chi connectivity index (χ0n) is 37.8. The summed E-state index contributed by atoms with van der Waals surface area (Å²) in [5.41, 5.74) is 17.4. The summed E-state index contributed by atoms with van der Waals surface area (Å²) >= 11 is 0. The number of hydrogen-bond acceptors (Lipinski definition) is 3. The van der Waals surface area contributed by atoms with E-state index >= 15 is 0 Å². The van der Waals surface area contributed by atoms with Crippen molar-refractivity contribution in [3.63, 3.8) is 0 Å². The van der Waals surface area contributed by atoms with Crippen molar-refractivity contribution in [1.82, 2.24) is 9.97 Å². The first-order valence-electron chi connectivity index (χ1n) is 22.4. The average Bonchev–Trinajstić information content (AvgIpc) is 3.62. The van der Waals surface area contributed by atoms with Gasteiger partial charge in [0.05, 0.1) is 13.7 Å². The van der Waals surface area contributed by atoms with Gasteiger partial charge in [0.2, 0.25) is 0 Å². The van der Waals surface area contributed by atoms with Crippen molar-refractivity contribution in [2.24, 2.45) is 11.8 Å². The number of pyridine rings is 2. The topological polar surface area (TPSA) is 38.9 Å². The van der Waals surface area contributed by atoms with Crippen LogP contribution in [0.25, 0.3) is 66.7 Å². The summed E-state index contributed by atoms with van der Waals surface area (Å²) in [4.78, 5) is 9.55. The molecule has 0 amide bonds. The van der Waals surface area contributed by atoms with Crippen LogP contribution in [0, 0.1) is 44.7 Å². The number of hydrogen-bond donors (Lipinski definition) is 0. The molecule has 0 saturated heterocycles. The summed E-state index contributed by atoms with van der Waals surface area (Å²) in [6.07, 6.45) is 13.2. The molecule has 1 aliphatic carbocycles. The Hall–Kier alpha value is -4.93. The number of benzene rings is 5. The van der Waals surface area contributed by atoms with Crippen molar-refractivity contribution in [3.05, 3.63) is 162 Å². The van der Waals surface area contributed by atoms with Crippen molar-refractivity contribution in [2.45, 2.75) is 99.2 Å². The van der Waals surface area contributed by atoms with Gasteiger partial charge in [-0.05, 0) is 102 Å². The molecule has 0 aliphatic heterocycles. The molecular weight excluding hydrogens is 949 g/mol. The third-order valence-corrected chi connectivity index (χ3v) is 14.4. The molecule has 0 bridgehead atoms. The molecule has 1 radical (unpaired) electrons. The summed E-state index contributed by atoms with van der Waals surface area (Å²) in [6, 6.07) is 45.6. The smallest absolute Gasteiger partial charge is 0.121 e. The van der Waals surface area contributed by atoms with Crippen LogP contribution in [-0.2, 0) is 32.9 Å². The van der Waals surface area contributed by atoms with E-state index in [1.165, 1.54) is 87.4 Å². The minimum absolute atomic E-state index is 0. The van der Waals surface area contributed by atoms with Crippen molar-refractivity contribution >= 4 is 35.2 Å². The molecule has 0 unspecified atom stereocenters. The van der Waals surface area contributed by atoms with Crippen LogP contribution in [0.3, 0.4) is 0 Å². The van der Waals surface area contributed by atoms with Crippen molar-refractivity contribution < 1.29 is 24.5 Å². The molecule has 1 aliphatic rings. The minimum atomic E-state index is -1.40. The number of rotatable bonds is 9. The van der Waals surface area contributed by atoms with E-state index in [1.807, 2.05) is 24.4 Å². The van der Waals surface area contributed by atoms with Crippen molar-refractivity contribution in [2.75, 3.05) is 0 Å². The van der Waals surface area contributed by atoms with Crippen molar-refractivity contribution in [1.29, 1.82) is 0 Å². The van der Waals surface area contributed by atoms with Crippen LogP contribution in [0.4, 0.5) is 0 Å². The van der Waals surface area contributed by atoms with Crippen LogP contribution in [0.15, 0.2) is 126 Å². The molecule has 5 heteroatoms. The van der Waals surface area contributed by atoms with Gasteiger partial charge >= 0.3 is 0 Å². The largest absolute Gasteiger partial charge is 0.501 e. The van der Waals surface area contributed by atoms with E-state index in [4.69, 9.17) is 14.4 Å². The van der Waals surface area contributed by atoms with Gasteiger partial charge in [0, 0.05) is 37.9 Å². The van der Waals surface area contributed by atoms with Gasteiger partial charge in [-0.2, -0.15) is 0 Å². The number of aryl methyl sites for hydroxylation is 3. The summed E-state index contributed by atoms with van der Waals surface area (Å²) in [5, 5.41) is 3.74. The zero-order chi connectivity index (χ0) is 42.7. The van der Waals surface area contributed by atoms with Gasteiger partial charge < -0.3 is 14.4 Å². The molecule has 3 heterocycles. The standard InChI is InChI=1S/C33H32NO.C24H28NSi.Ir/c1-21-16-22(2)32(23(3)17-21)26-12-13-27-28-10-7-11-29(33(28)35-31(27)20-26)30-19-25(14-15-34-30)18-24-8-5-4-6-9-24;1-18(2)14-22-16-23(25-17-24(22)26(3,4)5)21-13-9-12-20(15-21)19-10-7-6-8-11-19;/h7,10,12-17,19-20,24H,4-6,8-9,18H2,1-3H3;6-12,15-18H,14H2,1-5H3;/q2*-1;. The van der Waals surface area contributed by atoms with Crippen LogP contribution >= 0.6 is 0 Å². The quantitative estimate of drug-likeness (QED) is 0.107. The van der Waals surface area contributed by atoms with Crippen LogP contribution in [0.5, 0.6) is 0 Å². The summed E-state index contributed by atoms with van der Waals surface area (Å²) < 4.78 is 6.52. The Morgan fingerprint density at radius 1 is 0.710 bits per heavy atom. The van der Waals surface area contributed by atoms with Crippen molar-refractivity contribution in [3.8, 4) is 44.8 Å². The average molecular weight is 1010 g/mol. The molecular formula is C57H60IrN2OSi-2. The molecule has 0 N–H and O–H groups in total. The molecule has 8 aromatic rings. The third-order valence-electron chi connectivity index (χ3n) is 12.3. The minimum Gasteiger partial charge on any atom is -0.501 e. The van der Waals surface area contributed by atoms with E-state index in [0.29, 0.717) is 5.92 Å². The molecule has 1 fully saturated rings. The summed E-state index contributed by atoms with van der Waals surface area (Å²) in [7, 11) is -1.40. The number of nitrogens with zero attached hydrogens (tertiary/aromatic N) is 2. The second-order valence-electron chi connectivity index (χ2n) is 18.9. The first kappa shape index (κ1) is 45.1. The van der Waals surface area contributed by atoms with Crippen LogP contribution in [-0.4, -0.2) is 18.0 Å². The molecule has 319 valence electrons. The Kier molecular flexibility index (Phi) is 14.3. The Bertz CT molecular complexity index is 2770. The van der Waals surface area contributed by atoms with E-state index in [1.54, 1.807) is 0 Å². The predicted molar refractivity (Wildman–Crippen MR) is 261 cm³/mol. The van der Waals surface area contributed by atoms with E-state index in [9.17, 15) is 0 Å². The Balaban J connectivity index is 0.000000192. The second-order valence-corrected chi connectivity index (χ2v) is 23.9. The molecule has 0 spiro atoms. The fraction of sp³-hybridized carbons (Fsp3) is 0.298. The predicted octanol–water partition coefficient (Wildman–Crippen LogP) is 15.1. The molecule has 62 heavy (non-hydrogen) atoms. The fourth-order valence-corrected chi connectivity index (χ4v) is 11.1. The SMILES string of the molecule is CC(C)Cc1cc(-c2[c-]ccc(-c3ccccc3)c2)ncc1[Si](C)(C)C.Cc1cc(C)c(-c2ccc3c(c2)oc2c(-c4cc(CC5CCCCC5)ccn4)[c-]ccc23)c(C)c1.[Ir]. The first-order valence-corrected chi connectivity index (χ1v) is 25.9. The van der Waals surface area contributed by atoms with Gasteiger partial charge in [-0.15, -0.1) is 53.6 Å². The monoisotopic (exact) mass is 1010 g/mol. The van der Waals surface area contributed by atoms with Crippen LogP contribution < -0.4 is 5.19 Å². The fourth-order valence-electron chi connectivity index (χ4n) is 9.54. The zero-order valence-corrected chi connectivity index (χ0v) is 41.2. The van der Waals surface area contributed by atoms with E-state index in [-0.39, 0.29) is 20.1 Å². The maximum Gasteiger partial charge on any atom is 0.121 e. The molecule has 9 rings (SSSR count). The molecule has 5 aromatic carbocycles. The van der Waals surface area contributed by atoms with Gasteiger partial charge in [0.15, 0.2) is 0 Å². The molecule has 0 atom stereocenters. The van der Waals surface area contributed by atoms with Crippen LogP contribution in [0.2, 0.25) is 19.6 Å². The maximum absolute atomic E-state index is 6.52. The maximum atomic E-state index is 6.52. The van der Waals surface area contributed by atoms with Crippen LogP contribution in [0.1, 0.15) is 73.8 Å². The molecule has 3 nitrogen and oxygen atoms in total. The third kappa shape index (κ3) is 10.3. The first-order chi connectivity index (χ1) is 29.4. The van der Waals surface area contributed by atoms with Gasteiger partial charge in [-0.25, -0.2) is 0 Å². The number of aromatic nitrogens is 2. The molecule has 1 saturated carbocycles. The van der Waals surface area contributed by atoms with Gasteiger partial charge in [0.1, 0.15) is 5.58 Å². The Morgan fingerprint density at radius 2 is 1.45 bits per heavy atom. The van der Waals surface area contributed by atoms with Gasteiger partial charge in [0.25, 0.3) is 0 Å². The Labute approximate surface area is 384 Å². The van der Waals surface area contributed by atoms with E-state index in [2.05, 4.69) is 164 Å². The second kappa shape index (κ2) is 19.6.